The third-order valence-corrected chi connectivity index (χ3v) is 5.04. The summed E-state index contributed by atoms with van der Waals surface area (Å²) in [4.78, 5) is 2.37. The van der Waals surface area contributed by atoms with Gasteiger partial charge in [-0.25, -0.2) is 0 Å². The summed E-state index contributed by atoms with van der Waals surface area (Å²) in [6.45, 7) is 13.0. The van der Waals surface area contributed by atoms with E-state index in [0.29, 0.717) is 12.0 Å². The molecule has 0 bridgehead atoms. The maximum atomic E-state index is 3.90. The van der Waals surface area contributed by atoms with Crippen molar-refractivity contribution in [3.8, 4) is 0 Å². The lowest BCUT2D eigenvalue weighted by Crippen LogP contribution is -2.49. The fraction of sp³-hybridized carbons (Fsp3) is 1.00. The van der Waals surface area contributed by atoms with Crippen molar-refractivity contribution in [2.75, 3.05) is 20.6 Å². The average Bonchev–Trinajstić information content (AvgIpc) is 2.27. The van der Waals surface area contributed by atoms with Gasteiger partial charge in [-0.1, -0.05) is 41.0 Å². The average molecular weight is 268 g/mol. The van der Waals surface area contributed by atoms with Gasteiger partial charge >= 0.3 is 0 Å². The third kappa shape index (κ3) is 5.07. The quantitative estimate of drug-likeness (QED) is 0.791. The molecule has 0 saturated heterocycles. The van der Waals surface area contributed by atoms with Crippen molar-refractivity contribution in [1.82, 2.24) is 10.2 Å². The zero-order chi connectivity index (χ0) is 14.6. The van der Waals surface area contributed by atoms with E-state index in [2.05, 4.69) is 58.9 Å². The zero-order valence-electron chi connectivity index (χ0n) is 14.2. The molecule has 1 saturated carbocycles. The predicted molar refractivity (Wildman–Crippen MR) is 85.4 cm³/mol. The molecule has 2 nitrogen and oxygen atoms in total. The Morgan fingerprint density at radius 1 is 1.11 bits per heavy atom. The highest BCUT2D eigenvalue weighted by Gasteiger charge is 2.31. The summed E-state index contributed by atoms with van der Waals surface area (Å²) in [6, 6.07) is 1.37. The van der Waals surface area contributed by atoms with Crippen molar-refractivity contribution in [1.29, 1.82) is 0 Å². The Kier molecular flexibility index (Phi) is 6.82. The van der Waals surface area contributed by atoms with Crippen LogP contribution in [-0.4, -0.2) is 37.6 Å². The van der Waals surface area contributed by atoms with Gasteiger partial charge in [0.05, 0.1) is 0 Å². The molecule has 0 aromatic heterocycles. The Morgan fingerprint density at radius 2 is 1.74 bits per heavy atom. The standard InChI is InChI=1S/C17H36N2/c1-12(2)15-9-8-14(5)10-16(15)18-11-17(13(3)4)19(6)7/h12-18H,8-11H2,1-7H3. The second-order valence-corrected chi connectivity index (χ2v) is 7.62. The Morgan fingerprint density at radius 3 is 2.21 bits per heavy atom. The second-order valence-electron chi connectivity index (χ2n) is 7.62. The molecule has 0 aromatic rings. The number of nitrogens with one attached hydrogen (secondary N) is 1. The fourth-order valence-electron chi connectivity index (χ4n) is 3.72. The first-order chi connectivity index (χ1) is 8.82. The molecule has 1 fully saturated rings. The van der Waals surface area contributed by atoms with Crippen LogP contribution in [0.2, 0.25) is 0 Å². The third-order valence-electron chi connectivity index (χ3n) is 5.04. The number of nitrogens with zero attached hydrogens (tertiary/aromatic N) is 1. The topological polar surface area (TPSA) is 15.3 Å². The molecular weight excluding hydrogens is 232 g/mol. The van der Waals surface area contributed by atoms with Crippen LogP contribution in [0.4, 0.5) is 0 Å². The van der Waals surface area contributed by atoms with Crippen LogP contribution >= 0.6 is 0 Å². The molecule has 0 aromatic carbocycles. The van der Waals surface area contributed by atoms with Crippen molar-refractivity contribution in [3.63, 3.8) is 0 Å². The molecular formula is C17H36N2. The van der Waals surface area contributed by atoms with E-state index in [1.807, 2.05) is 0 Å². The molecule has 1 N–H and O–H groups in total. The summed E-state index contributed by atoms with van der Waals surface area (Å²) in [5.41, 5.74) is 0. The van der Waals surface area contributed by atoms with Gasteiger partial charge in [0.25, 0.3) is 0 Å². The summed E-state index contributed by atoms with van der Waals surface area (Å²) < 4.78 is 0. The molecule has 0 heterocycles. The summed E-state index contributed by atoms with van der Waals surface area (Å²) >= 11 is 0. The SMILES string of the molecule is CC1CCC(C(C)C)C(NCC(C(C)C)N(C)C)C1. The molecule has 19 heavy (non-hydrogen) atoms. The van der Waals surface area contributed by atoms with Gasteiger partial charge in [0.2, 0.25) is 0 Å². The van der Waals surface area contributed by atoms with Gasteiger partial charge in [-0.3, -0.25) is 0 Å². The Labute approximate surface area is 121 Å². The lowest BCUT2D eigenvalue weighted by atomic mass is 9.74. The van der Waals surface area contributed by atoms with E-state index in [-0.39, 0.29) is 0 Å². The summed E-state index contributed by atoms with van der Waals surface area (Å²) in [7, 11) is 4.41. The van der Waals surface area contributed by atoms with Crippen LogP contribution in [0.25, 0.3) is 0 Å². The molecule has 0 aliphatic heterocycles. The van der Waals surface area contributed by atoms with Crippen molar-refractivity contribution in [2.24, 2.45) is 23.7 Å². The summed E-state index contributed by atoms with van der Waals surface area (Å²) in [5.74, 6) is 3.28. The van der Waals surface area contributed by atoms with Gasteiger partial charge in [0.15, 0.2) is 0 Å². The maximum absolute atomic E-state index is 3.90. The van der Waals surface area contributed by atoms with E-state index in [1.165, 1.54) is 19.3 Å². The molecule has 0 amide bonds. The molecule has 2 heteroatoms. The van der Waals surface area contributed by atoms with E-state index >= 15 is 0 Å². The van der Waals surface area contributed by atoms with E-state index in [4.69, 9.17) is 0 Å². The van der Waals surface area contributed by atoms with E-state index < -0.39 is 0 Å². The first-order valence-corrected chi connectivity index (χ1v) is 8.22. The minimum Gasteiger partial charge on any atom is -0.312 e. The molecule has 0 radical (unpaired) electrons. The van der Waals surface area contributed by atoms with Crippen molar-refractivity contribution >= 4 is 0 Å². The highest BCUT2D eigenvalue weighted by Crippen LogP contribution is 2.33. The molecule has 4 atom stereocenters. The van der Waals surface area contributed by atoms with E-state index in [1.54, 1.807) is 0 Å². The van der Waals surface area contributed by atoms with Crippen LogP contribution < -0.4 is 5.32 Å². The molecule has 114 valence electrons. The number of hydrogen-bond donors (Lipinski definition) is 1. The van der Waals surface area contributed by atoms with Crippen molar-refractivity contribution < 1.29 is 0 Å². The number of rotatable bonds is 6. The molecule has 1 aliphatic rings. The van der Waals surface area contributed by atoms with Crippen LogP contribution in [0.3, 0.4) is 0 Å². The Balaban J connectivity index is 2.56. The van der Waals surface area contributed by atoms with Crippen molar-refractivity contribution in [3.05, 3.63) is 0 Å². The van der Waals surface area contributed by atoms with Gasteiger partial charge in [0.1, 0.15) is 0 Å². The largest absolute Gasteiger partial charge is 0.312 e. The minimum absolute atomic E-state index is 0.644. The van der Waals surface area contributed by atoms with Gasteiger partial charge in [0, 0.05) is 18.6 Å². The van der Waals surface area contributed by atoms with Crippen LogP contribution in [0.5, 0.6) is 0 Å². The Bertz CT molecular complexity index is 240. The summed E-state index contributed by atoms with van der Waals surface area (Å²) in [6.07, 6.45) is 4.19. The van der Waals surface area contributed by atoms with Gasteiger partial charge in [-0.05, 0) is 50.6 Å². The monoisotopic (exact) mass is 268 g/mol. The van der Waals surface area contributed by atoms with Gasteiger partial charge < -0.3 is 10.2 Å². The molecule has 1 rings (SSSR count). The second kappa shape index (κ2) is 7.64. The zero-order valence-corrected chi connectivity index (χ0v) is 14.2. The normalized spacial score (nSPS) is 30.3. The first-order valence-electron chi connectivity index (χ1n) is 8.22. The van der Waals surface area contributed by atoms with E-state index in [9.17, 15) is 0 Å². The molecule has 0 spiro atoms. The van der Waals surface area contributed by atoms with Crippen LogP contribution in [0.1, 0.15) is 53.9 Å². The fourth-order valence-corrected chi connectivity index (χ4v) is 3.72. The maximum Gasteiger partial charge on any atom is 0.0237 e. The highest BCUT2D eigenvalue weighted by molar-refractivity contribution is 4.87. The van der Waals surface area contributed by atoms with Crippen LogP contribution in [-0.2, 0) is 0 Å². The van der Waals surface area contributed by atoms with Gasteiger partial charge in [-0.15, -0.1) is 0 Å². The number of hydrogen-bond acceptors (Lipinski definition) is 2. The minimum atomic E-state index is 0.644. The highest BCUT2D eigenvalue weighted by atomic mass is 15.1. The van der Waals surface area contributed by atoms with Crippen LogP contribution in [0, 0.1) is 23.7 Å². The first kappa shape index (κ1) is 17.0. The predicted octanol–water partition coefficient (Wildman–Crippen LogP) is 3.62. The Hall–Kier alpha value is -0.0800. The van der Waals surface area contributed by atoms with Crippen molar-refractivity contribution in [2.45, 2.75) is 66.0 Å². The molecule has 1 aliphatic carbocycles. The van der Waals surface area contributed by atoms with E-state index in [0.717, 1.165) is 30.3 Å². The smallest absolute Gasteiger partial charge is 0.0237 e. The summed E-state index contributed by atoms with van der Waals surface area (Å²) in [5, 5.41) is 3.90. The molecule has 4 unspecified atom stereocenters. The van der Waals surface area contributed by atoms with Gasteiger partial charge in [-0.2, -0.15) is 0 Å². The lowest BCUT2D eigenvalue weighted by molar-refractivity contribution is 0.149. The lowest BCUT2D eigenvalue weighted by Gasteiger charge is -2.39. The van der Waals surface area contributed by atoms with Crippen LogP contribution in [0.15, 0.2) is 0 Å². The number of likely N-dealkylation sites (N-methyl/N-ethyl adjacent to an activating group) is 1.